The predicted molar refractivity (Wildman–Crippen MR) is 62.3 cm³/mol. The van der Waals surface area contributed by atoms with E-state index in [9.17, 15) is 15.3 Å². The minimum absolute atomic E-state index is 0.149. The van der Waals surface area contributed by atoms with Crippen LogP contribution in [0.15, 0.2) is 0 Å². The molecule has 0 aromatic heterocycles. The van der Waals surface area contributed by atoms with Gasteiger partial charge in [0, 0.05) is 6.54 Å². The van der Waals surface area contributed by atoms with Crippen LogP contribution in [-0.2, 0) is 0 Å². The molecular formula is C10H24N2O5. The fourth-order valence-electron chi connectivity index (χ4n) is 1.44. The number of hydrogen-bond donors (Lipinski definition) is 6. The van der Waals surface area contributed by atoms with Gasteiger partial charge in [0.25, 0.3) is 0 Å². The summed E-state index contributed by atoms with van der Waals surface area (Å²) in [7, 11) is 1.75. The Labute approximate surface area is 101 Å². The van der Waals surface area contributed by atoms with Crippen LogP contribution in [0.25, 0.3) is 0 Å². The lowest BCUT2D eigenvalue weighted by Gasteiger charge is -2.28. The molecule has 0 radical (unpaired) electrons. The smallest absolute Gasteiger partial charge is 0.111 e. The Morgan fingerprint density at radius 2 is 1.59 bits per heavy atom. The van der Waals surface area contributed by atoms with E-state index in [1.54, 1.807) is 11.9 Å². The van der Waals surface area contributed by atoms with Crippen molar-refractivity contribution in [2.45, 2.75) is 30.8 Å². The van der Waals surface area contributed by atoms with Gasteiger partial charge in [-0.15, -0.1) is 0 Å². The van der Waals surface area contributed by atoms with Crippen molar-refractivity contribution < 1.29 is 25.5 Å². The molecule has 0 bridgehead atoms. The van der Waals surface area contributed by atoms with Crippen LogP contribution in [0.5, 0.6) is 0 Å². The van der Waals surface area contributed by atoms with E-state index in [2.05, 4.69) is 0 Å². The van der Waals surface area contributed by atoms with E-state index >= 15 is 0 Å². The molecule has 4 atom stereocenters. The topological polar surface area (TPSA) is 130 Å². The molecule has 7 N–H and O–H groups in total. The van der Waals surface area contributed by atoms with Crippen molar-refractivity contribution >= 4 is 0 Å². The van der Waals surface area contributed by atoms with E-state index in [1.165, 1.54) is 0 Å². The molecule has 4 unspecified atom stereocenters. The molecule has 0 aromatic carbocycles. The van der Waals surface area contributed by atoms with E-state index in [-0.39, 0.29) is 6.54 Å². The summed E-state index contributed by atoms with van der Waals surface area (Å²) < 4.78 is 0. The van der Waals surface area contributed by atoms with E-state index in [0.29, 0.717) is 13.1 Å². The van der Waals surface area contributed by atoms with Crippen molar-refractivity contribution in [3.63, 3.8) is 0 Å². The zero-order chi connectivity index (χ0) is 13.4. The van der Waals surface area contributed by atoms with Crippen LogP contribution in [0.4, 0.5) is 0 Å². The fraction of sp³-hybridized carbons (Fsp3) is 1.00. The molecule has 0 aliphatic rings. The first-order valence-electron chi connectivity index (χ1n) is 5.65. The first kappa shape index (κ1) is 16.7. The number of nitrogens with zero attached hydrogens (tertiary/aromatic N) is 1. The van der Waals surface area contributed by atoms with Crippen LogP contribution >= 0.6 is 0 Å². The van der Waals surface area contributed by atoms with Crippen LogP contribution in [0.2, 0.25) is 0 Å². The quantitative estimate of drug-likeness (QED) is 0.253. The largest absolute Gasteiger partial charge is 0.394 e. The Morgan fingerprint density at radius 1 is 1.06 bits per heavy atom. The first-order valence-corrected chi connectivity index (χ1v) is 5.65. The van der Waals surface area contributed by atoms with Gasteiger partial charge in [-0.3, -0.25) is 0 Å². The second-order valence-electron chi connectivity index (χ2n) is 4.20. The molecule has 0 saturated heterocycles. The number of likely N-dealkylation sites (N-methyl/N-ethyl adjacent to an activating group) is 1. The van der Waals surface area contributed by atoms with Crippen LogP contribution in [0.1, 0.15) is 6.42 Å². The Hall–Kier alpha value is -0.280. The predicted octanol–water partition coefficient (Wildman–Crippen LogP) is -3.30. The van der Waals surface area contributed by atoms with Gasteiger partial charge >= 0.3 is 0 Å². The fourth-order valence-corrected chi connectivity index (χ4v) is 1.44. The summed E-state index contributed by atoms with van der Waals surface area (Å²) in [6, 6.07) is 0. The molecule has 0 aliphatic carbocycles. The van der Waals surface area contributed by atoms with Crippen molar-refractivity contribution in [3.05, 3.63) is 0 Å². The lowest BCUT2D eigenvalue weighted by Crippen LogP contribution is -2.49. The van der Waals surface area contributed by atoms with Gasteiger partial charge in [-0.2, -0.15) is 0 Å². The van der Waals surface area contributed by atoms with Gasteiger partial charge in [0.1, 0.15) is 18.3 Å². The highest BCUT2D eigenvalue weighted by atomic mass is 16.4. The number of aliphatic hydroxyl groups is 5. The summed E-state index contributed by atoms with van der Waals surface area (Å²) in [5, 5.41) is 46.3. The van der Waals surface area contributed by atoms with E-state index in [1.807, 2.05) is 0 Å². The van der Waals surface area contributed by atoms with Crippen molar-refractivity contribution in [1.82, 2.24) is 4.90 Å². The van der Waals surface area contributed by atoms with Gasteiger partial charge in [0.15, 0.2) is 0 Å². The lowest BCUT2D eigenvalue weighted by atomic mass is 10.0. The SMILES string of the molecule is CN(CCCN)CC(O)C(O)C(O)C(O)CO. The van der Waals surface area contributed by atoms with Crippen LogP contribution < -0.4 is 5.73 Å². The number of nitrogens with two attached hydrogens (primary N) is 1. The van der Waals surface area contributed by atoms with E-state index in [4.69, 9.17) is 15.9 Å². The van der Waals surface area contributed by atoms with Gasteiger partial charge < -0.3 is 36.2 Å². The minimum atomic E-state index is -1.57. The molecule has 0 rings (SSSR count). The second-order valence-corrected chi connectivity index (χ2v) is 4.20. The molecule has 0 heterocycles. The van der Waals surface area contributed by atoms with Crippen LogP contribution in [0, 0.1) is 0 Å². The molecule has 7 heteroatoms. The molecule has 0 aliphatic heterocycles. The maximum Gasteiger partial charge on any atom is 0.111 e. The average Bonchev–Trinajstić information content (AvgIpc) is 2.33. The third kappa shape index (κ3) is 6.27. The lowest BCUT2D eigenvalue weighted by molar-refractivity contribution is -0.118. The highest BCUT2D eigenvalue weighted by Crippen LogP contribution is 2.06. The van der Waals surface area contributed by atoms with Crippen molar-refractivity contribution in [1.29, 1.82) is 0 Å². The molecular weight excluding hydrogens is 228 g/mol. The Morgan fingerprint density at radius 3 is 2.06 bits per heavy atom. The summed E-state index contributed by atoms with van der Waals surface area (Å²) in [6.45, 7) is 0.679. The van der Waals surface area contributed by atoms with Gasteiger partial charge in [-0.1, -0.05) is 0 Å². The normalized spacial score (nSPS) is 19.1. The van der Waals surface area contributed by atoms with Crippen molar-refractivity contribution in [2.75, 3.05) is 33.3 Å². The van der Waals surface area contributed by atoms with Crippen LogP contribution in [-0.4, -0.2) is 88.1 Å². The van der Waals surface area contributed by atoms with Crippen molar-refractivity contribution in [2.24, 2.45) is 5.73 Å². The third-order valence-corrected chi connectivity index (χ3v) is 2.57. The first-order chi connectivity index (χ1) is 7.93. The summed E-state index contributed by atoms with van der Waals surface area (Å²) >= 11 is 0. The zero-order valence-electron chi connectivity index (χ0n) is 10.1. The Kier molecular flexibility index (Phi) is 8.61. The van der Waals surface area contributed by atoms with E-state index < -0.39 is 31.0 Å². The van der Waals surface area contributed by atoms with Crippen molar-refractivity contribution in [3.8, 4) is 0 Å². The highest BCUT2D eigenvalue weighted by Gasteiger charge is 2.30. The molecule has 17 heavy (non-hydrogen) atoms. The standard InChI is InChI=1S/C10H24N2O5/c1-12(4-2-3-11)5-7(14)9(16)10(17)8(15)6-13/h7-10,13-17H,2-6,11H2,1H3. The summed E-state index contributed by atoms with van der Waals surface area (Å²) in [5.74, 6) is 0. The number of rotatable bonds is 9. The molecule has 0 aromatic rings. The molecule has 0 spiro atoms. The number of aliphatic hydroxyl groups excluding tert-OH is 5. The highest BCUT2D eigenvalue weighted by molar-refractivity contribution is 4.81. The monoisotopic (exact) mass is 252 g/mol. The van der Waals surface area contributed by atoms with Gasteiger partial charge in [-0.25, -0.2) is 0 Å². The maximum absolute atomic E-state index is 9.63. The average molecular weight is 252 g/mol. The third-order valence-electron chi connectivity index (χ3n) is 2.57. The van der Waals surface area contributed by atoms with Gasteiger partial charge in [-0.05, 0) is 26.6 Å². The van der Waals surface area contributed by atoms with Gasteiger partial charge in [0.05, 0.1) is 12.7 Å². The molecule has 104 valence electrons. The van der Waals surface area contributed by atoms with Gasteiger partial charge in [0.2, 0.25) is 0 Å². The molecule has 7 nitrogen and oxygen atoms in total. The molecule has 0 fully saturated rings. The Bertz CT molecular complexity index is 196. The second kappa shape index (κ2) is 8.76. The van der Waals surface area contributed by atoms with Crippen LogP contribution in [0.3, 0.4) is 0 Å². The minimum Gasteiger partial charge on any atom is -0.394 e. The zero-order valence-corrected chi connectivity index (χ0v) is 10.1. The maximum atomic E-state index is 9.63. The molecule has 0 amide bonds. The summed E-state index contributed by atoms with van der Waals surface area (Å²) in [4.78, 5) is 1.76. The summed E-state index contributed by atoms with van der Waals surface area (Å²) in [5.41, 5.74) is 5.33. The Balaban J connectivity index is 4.07. The summed E-state index contributed by atoms with van der Waals surface area (Å²) in [6.07, 6.45) is -4.97. The van der Waals surface area contributed by atoms with E-state index in [0.717, 1.165) is 6.42 Å². The molecule has 0 saturated carbocycles. The number of hydrogen-bond acceptors (Lipinski definition) is 7.